The normalized spacial score (nSPS) is 15.7. The highest BCUT2D eigenvalue weighted by molar-refractivity contribution is 7.13. The van der Waals surface area contributed by atoms with Crippen LogP contribution >= 0.6 is 11.3 Å². The van der Waals surface area contributed by atoms with Crippen LogP contribution in [0.25, 0.3) is 0 Å². The van der Waals surface area contributed by atoms with Gasteiger partial charge in [-0.25, -0.2) is 4.98 Å². The van der Waals surface area contributed by atoms with Gasteiger partial charge in [0, 0.05) is 17.2 Å². The number of nitrogens with zero attached hydrogens (tertiary/aromatic N) is 1. The van der Waals surface area contributed by atoms with E-state index in [-0.39, 0.29) is 5.91 Å². The molecule has 3 nitrogen and oxygen atoms in total. The van der Waals surface area contributed by atoms with Gasteiger partial charge < -0.3 is 0 Å². The SMILES string of the molecule is CCC(C(=O)Nc1nccs1)=C1CCCCC1. The Bertz CT molecular complexity index is 401. The summed E-state index contributed by atoms with van der Waals surface area (Å²) in [7, 11) is 0. The second-order valence-electron chi connectivity index (χ2n) is 4.29. The van der Waals surface area contributed by atoms with Crippen LogP contribution in [0.4, 0.5) is 5.13 Å². The number of hydrogen-bond acceptors (Lipinski definition) is 3. The van der Waals surface area contributed by atoms with Gasteiger partial charge in [-0.3, -0.25) is 10.1 Å². The zero-order chi connectivity index (χ0) is 12.1. The molecule has 1 amide bonds. The van der Waals surface area contributed by atoms with Crippen LogP contribution in [0.5, 0.6) is 0 Å². The molecule has 1 aromatic rings. The smallest absolute Gasteiger partial charge is 0.253 e. The van der Waals surface area contributed by atoms with Crippen molar-refractivity contribution in [2.45, 2.75) is 45.4 Å². The second-order valence-corrected chi connectivity index (χ2v) is 5.18. The van der Waals surface area contributed by atoms with E-state index in [2.05, 4.69) is 17.2 Å². The first kappa shape index (κ1) is 12.3. The van der Waals surface area contributed by atoms with E-state index >= 15 is 0 Å². The molecule has 0 aromatic carbocycles. The Labute approximate surface area is 106 Å². The summed E-state index contributed by atoms with van der Waals surface area (Å²) in [6, 6.07) is 0. The molecule has 92 valence electrons. The number of hydrogen-bond donors (Lipinski definition) is 1. The molecule has 0 bridgehead atoms. The van der Waals surface area contributed by atoms with Gasteiger partial charge in [-0.05, 0) is 32.1 Å². The molecular weight excluding hydrogens is 232 g/mol. The highest BCUT2D eigenvalue weighted by Gasteiger charge is 2.16. The molecule has 0 aliphatic heterocycles. The van der Waals surface area contributed by atoms with E-state index in [1.807, 2.05) is 5.38 Å². The lowest BCUT2D eigenvalue weighted by Crippen LogP contribution is -2.16. The zero-order valence-corrected chi connectivity index (χ0v) is 11.0. The lowest BCUT2D eigenvalue weighted by molar-refractivity contribution is -0.113. The second kappa shape index (κ2) is 5.96. The molecule has 0 atom stereocenters. The molecule has 0 unspecified atom stereocenters. The maximum absolute atomic E-state index is 12.1. The fraction of sp³-hybridized carbons (Fsp3) is 0.538. The minimum Gasteiger partial charge on any atom is -0.298 e. The fourth-order valence-corrected chi connectivity index (χ4v) is 2.83. The number of anilines is 1. The predicted molar refractivity (Wildman–Crippen MR) is 71.1 cm³/mol. The number of amides is 1. The van der Waals surface area contributed by atoms with E-state index in [9.17, 15) is 4.79 Å². The summed E-state index contributed by atoms with van der Waals surface area (Å²) >= 11 is 1.46. The molecule has 0 spiro atoms. The van der Waals surface area contributed by atoms with Gasteiger partial charge in [0.25, 0.3) is 5.91 Å². The van der Waals surface area contributed by atoms with Crippen LogP contribution < -0.4 is 5.32 Å². The third-order valence-corrected chi connectivity index (χ3v) is 3.85. The summed E-state index contributed by atoms with van der Waals surface area (Å²) in [5.74, 6) is 0.0411. The molecule has 1 saturated carbocycles. The topological polar surface area (TPSA) is 42.0 Å². The number of carbonyl (C=O) groups excluding carboxylic acids is 1. The first-order chi connectivity index (χ1) is 8.31. The van der Waals surface area contributed by atoms with Crippen molar-refractivity contribution in [3.05, 3.63) is 22.7 Å². The van der Waals surface area contributed by atoms with Crippen molar-refractivity contribution in [1.82, 2.24) is 4.98 Å². The average molecular weight is 250 g/mol. The standard InChI is InChI=1S/C13H18N2OS/c1-2-11(10-6-4-3-5-7-10)12(16)15-13-14-8-9-17-13/h8-9H,2-7H2,1H3,(H,14,15,16). The minimum atomic E-state index is 0.0411. The van der Waals surface area contributed by atoms with Gasteiger partial charge in [0.1, 0.15) is 0 Å². The van der Waals surface area contributed by atoms with Crippen molar-refractivity contribution in [2.75, 3.05) is 5.32 Å². The van der Waals surface area contributed by atoms with Crippen molar-refractivity contribution in [1.29, 1.82) is 0 Å². The van der Waals surface area contributed by atoms with Crippen LogP contribution in [-0.4, -0.2) is 10.9 Å². The summed E-state index contributed by atoms with van der Waals surface area (Å²) in [5.41, 5.74) is 2.33. The maximum Gasteiger partial charge on any atom is 0.253 e. The summed E-state index contributed by atoms with van der Waals surface area (Å²) < 4.78 is 0. The largest absolute Gasteiger partial charge is 0.298 e. The van der Waals surface area contributed by atoms with E-state index in [1.54, 1.807) is 6.20 Å². The number of rotatable bonds is 3. The third kappa shape index (κ3) is 3.16. The molecule has 4 heteroatoms. The summed E-state index contributed by atoms with van der Waals surface area (Å²) in [5, 5.41) is 5.44. The van der Waals surface area contributed by atoms with Crippen LogP contribution in [0.2, 0.25) is 0 Å². The Balaban J connectivity index is 2.09. The monoisotopic (exact) mass is 250 g/mol. The first-order valence-electron chi connectivity index (χ1n) is 6.23. The molecule has 17 heavy (non-hydrogen) atoms. The highest BCUT2D eigenvalue weighted by atomic mass is 32.1. The minimum absolute atomic E-state index is 0.0411. The lowest BCUT2D eigenvalue weighted by atomic mass is 9.90. The Morgan fingerprint density at radius 2 is 2.18 bits per heavy atom. The maximum atomic E-state index is 12.1. The van der Waals surface area contributed by atoms with Gasteiger partial charge in [0.15, 0.2) is 5.13 Å². The molecule has 1 aromatic heterocycles. The number of aromatic nitrogens is 1. The van der Waals surface area contributed by atoms with Crippen LogP contribution in [0.15, 0.2) is 22.7 Å². The molecule has 1 aliphatic carbocycles. The summed E-state index contributed by atoms with van der Waals surface area (Å²) in [6.45, 7) is 2.05. The lowest BCUT2D eigenvalue weighted by Gasteiger charge is -2.17. The average Bonchev–Trinajstić information content (AvgIpc) is 2.84. The Morgan fingerprint density at radius 1 is 1.41 bits per heavy atom. The zero-order valence-electron chi connectivity index (χ0n) is 10.2. The van der Waals surface area contributed by atoms with Crippen LogP contribution in [0.3, 0.4) is 0 Å². The van der Waals surface area contributed by atoms with Crippen LogP contribution in [0, 0.1) is 0 Å². The van der Waals surface area contributed by atoms with Gasteiger partial charge >= 0.3 is 0 Å². The van der Waals surface area contributed by atoms with Crippen molar-refractivity contribution in [3.8, 4) is 0 Å². The van der Waals surface area contributed by atoms with Gasteiger partial charge in [0.05, 0.1) is 0 Å². The Hall–Kier alpha value is -1.16. The number of allylic oxidation sites excluding steroid dienone is 1. The molecule has 0 radical (unpaired) electrons. The van der Waals surface area contributed by atoms with E-state index in [0.717, 1.165) is 24.8 Å². The third-order valence-electron chi connectivity index (χ3n) is 3.16. The number of carbonyl (C=O) groups is 1. The number of nitrogens with one attached hydrogen (secondary N) is 1. The van der Waals surface area contributed by atoms with Crippen molar-refractivity contribution in [2.24, 2.45) is 0 Å². The Morgan fingerprint density at radius 3 is 2.76 bits per heavy atom. The Kier molecular flexibility index (Phi) is 4.31. The fourth-order valence-electron chi connectivity index (χ4n) is 2.31. The van der Waals surface area contributed by atoms with Crippen molar-refractivity contribution < 1.29 is 4.79 Å². The van der Waals surface area contributed by atoms with E-state index in [0.29, 0.717) is 5.13 Å². The van der Waals surface area contributed by atoms with Gasteiger partial charge in [0.2, 0.25) is 0 Å². The molecule has 1 fully saturated rings. The van der Waals surface area contributed by atoms with Crippen molar-refractivity contribution >= 4 is 22.4 Å². The number of thiazole rings is 1. The highest BCUT2D eigenvalue weighted by Crippen LogP contribution is 2.27. The molecule has 1 N–H and O–H groups in total. The first-order valence-corrected chi connectivity index (χ1v) is 7.11. The van der Waals surface area contributed by atoms with Crippen LogP contribution in [-0.2, 0) is 4.79 Å². The van der Waals surface area contributed by atoms with E-state index in [4.69, 9.17) is 0 Å². The van der Waals surface area contributed by atoms with E-state index in [1.165, 1.54) is 36.2 Å². The van der Waals surface area contributed by atoms with Gasteiger partial charge in [-0.1, -0.05) is 18.9 Å². The van der Waals surface area contributed by atoms with Gasteiger partial charge in [-0.2, -0.15) is 0 Å². The molecule has 2 rings (SSSR count). The predicted octanol–water partition coefficient (Wildman–Crippen LogP) is 3.75. The van der Waals surface area contributed by atoms with E-state index < -0.39 is 0 Å². The quantitative estimate of drug-likeness (QED) is 0.830. The summed E-state index contributed by atoms with van der Waals surface area (Å²) in [4.78, 5) is 16.2. The van der Waals surface area contributed by atoms with Crippen LogP contribution in [0.1, 0.15) is 45.4 Å². The molecular formula is C13H18N2OS. The molecule has 1 aliphatic rings. The molecule has 1 heterocycles. The summed E-state index contributed by atoms with van der Waals surface area (Å²) in [6.07, 6.45) is 8.45. The van der Waals surface area contributed by atoms with Gasteiger partial charge in [-0.15, -0.1) is 11.3 Å². The van der Waals surface area contributed by atoms with Crippen molar-refractivity contribution in [3.63, 3.8) is 0 Å². The molecule has 0 saturated heterocycles.